The van der Waals surface area contributed by atoms with Crippen molar-refractivity contribution >= 4 is 40.3 Å². The van der Waals surface area contributed by atoms with Crippen molar-refractivity contribution in [1.82, 2.24) is 0 Å². The van der Waals surface area contributed by atoms with E-state index >= 15 is 0 Å². The van der Waals surface area contributed by atoms with Gasteiger partial charge in [0.1, 0.15) is 5.75 Å². The summed E-state index contributed by atoms with van der Waals surface area (Å²) in [5.74, 6) is 0.609. The number of hydrogen-bond donors (Lipinski definition) is 2. The van der Waals surface area contributed by atoms with Crippen molar-refractivity contribution < 1.29 is 4.74 Å². The van der Waals surface area contributed by atoms with Gasteiger partial charge in [0.25, 0.3) is 0 Å². The summed E-state index contributed by atoms with van der Waals surface area (Å²) < 4.78 is 5.15. The molecule has 0 saturated carbocycles. The average Bonchev–Trinajstić information content (AvgIpc) is 2.36. The zero-order chi connectivity index (χ0) is 13.1. The highest BCUT2D eigenvalue weighted by Crippen LogP contribution is 2.34. The summed E-state index contributed by atoms with van der Waals surface area (Å²) in [5.41, 5.74) is 7.91. The molecular formula is C13H12Cl2N2O. The molecule has 18 heavy (non-hydrogen) atoms. The number of ether oxygens (including phenoxy) is 1. The minimum atomic E-state index is 0.524. The second-order valence-electron chi connectivity index (χ2n) is 3.67. The van der Waals surface area contributed by atoms with E-state index < -0.39 is 0 Å². The van der Waals surface area contributed by atoms with Gasteiger partial charge in [-0.2, -0.15) is 0 Å². The molecule has 2 aromatic carbocycles. The fourth-order valence-corrected chi connectivity index (χ4v) is 1.91. The highest BCUT2D eigenvalue weighted by Gasteiger charge is 2.07. The first-order valence-electron chi connectivity index (χ1n) is 5.26. The van der Waals surface area contributed by atoms with E-state index in [4.69, 9.17) is 33.7 Å². The van der Waals surface area contributed by atoms with Gasteiger partial charge in [-0.15, -0.1) is 0 Å². The van der Waals surface area contributed by atoms with Crippen LogP contribution in [0.1, 0.15) is 0 Å². The summed E-state index contributed by atoms with van der Waals surface area (Å²) >= 11 is 12.0. The van der Waals surface area contributed by atoms with Crippen molar-refractivity contribution in [2.24, 2.45) is 0 Å². The maximum Gasteiger partial charge on any atom is 0.143 e. The molecule has 0 aromatic heterocycles. The molecule has 0 atom stereocenters. The number of nitrogens with one attached hydrogen (secondary N) is 1. The van der Waals surface area contributed by atoms with Crippen molar-refractivity contribution in [1.29, 1.82) is 0 Å². The second kappa shape index (κ2) is 5.38. The van der Waals surface area contributed by atoms with Gasteiger partial charge in [-0.05, 0) is 30.3 Å². The zero-order valence-corrected chi connectivity index (χ0v) is 11.2. The summed E-state index contributed by atoms with van der Waals surface area (Å²) in [4.78, 5) is 0. The smallest absolute Gasteiger partial charge is 0.143 e. The SMILES string of the molecule is COc1cccc(Nc2cc(Cl)ccc2Cl)c1N. The average molecular weight is 283 g/mol. The molecular weight excluding hydrogens is 271 g/mol. The molecule has 3 N–H and O–H groups in total. The molecule has 0 bridgehead atoms. The lowest BCUT2D eigenvalue weighted by atomic mass is 10.2. The molecule has 0 fully saturated rings. The molecule has 0 amide bonds. The summed E-state index contributed by atoms with van der Waals surface area (Å²) in [6.45, 7) is 0. The van der Waals surface area contributed by atoms with E-state index in [0.29, 0.717) is 27.2 Å². The van der Waals surface area contributed by atoms with Crippen LogP contribution in [-0.4, -0.2) is 7.11 Å². The molecule has 0 radical (unpaired) electrons. The minimum absolute atomic E-state index is 0.524. The Morgan fingerprint density at radius 2 is 1.89 bits per heavy atom. The van der Waals surface area contributed by atoms with Crippen LogP contribution in [0.3, 0.4) is 0 Å². The van der Waals surface area contributed by atoms with Gasteiger partial charge in [0.2, 0.25) is 0 Å². The Morgan fingerprint density at radius 1 is 1.11 bits per heavy atom. The number of rotatable bonds is 3. The van der Waals surface area contributed by atoms with Crippen molar-refractivity contribution in [2.45, 2.75) is 0 Å². The Hall–Kier alpha value is -1.58. The van der Waals surface area contributed by atoms with E-state index in [1.54, 1.807) is 31.4 Å². The lowest BCUT2D eigenvalue weighted by Crippen LogP contribution is -1.99. The molecule has 2 rings (SSSR count). The molecule has 94 valence electrons. The van der Waals surface area contributed by atoms with Crippen LogP contribution in [0.25, 0.3) is 0 Å². The first-order chi connectivity index (χ1) is 8.61. The molecule has 3 nitrogen and oxygen atoms in total. The first kappa shape index (κ1) is 12.9. The highest BCUT2D eigenvalue weighted by molar-refractivity contribution is 6.35. The Kier molecular flexibility index (Phi) is 3.84. The third-order valence-corrected chi connectivity index (χ3v) is 3.05. The monoisotopic (exact) mass is 282 g/mol. The van der Waals surface area contributed by atoms with Crippen molar-refractivity contribution in [2.75, 3.05) is 18.2 Å². The predicted octanol–water partition coefficient (Wildman–Crippen LogP) is 4.33. The second-order valence-corrected chi connectivity index (χ2v) is 4.51. The van der Waals surface area contributed by atoms with Crippen LogP contribution in [-0.2, 0) is 0 Å². The van der Waals surface area contributed by atoms with Gasteiger partial charge in [0.15, 0.2) is 0 Å². The Morgan fingerprint density at radius 3 is 2.61 bits per heavy atom. The third kappa shape index (κ3) is 2.63. The zero-order valence-electron chi connectivity index (χ0n) is 9.71. The predicted molar refractivity (Wildman–Crippen MR) is 77.2 cm³/mol. The van der Waals surface area contributed by atoms with Crippen LogP contribution in [0.2, 0.25) is 10.0 Å². The molecule has 0 spiro atoms. The molecule has 0 aliphatic heterocycles. The first-order valence-corrected chi connectivity index (χ1v) is 6.02. The van der Waals surface area contributed by atoms with Crippen molar-refractivity contribution in [3.63, 3.8) is 0 Å². The standard InChI is InChI=1S/C13H12Cl2N2O/c1-18-12-4-2-3-10(13(12)16)17-11-7-8(14)5-6-9(11)15/h2-7,17H,16H2,1H3. The Labute approximate surface area is 115 Å². The Bertz CT molecular complexity index is 573. The maximum absolute atomic E-state index is 6.08. The van der Waals surface area contributed by atoms with Gasteiger partial charge in [-0.3, -0.25) is 0 Å². The Balaban J connectivity index is 2.37. The largest absolute Gasteiger partial charge is 0.495 e. The quantitative estimate of drug-likeness (QED) is 0.824. The van der Waals surface area contributed by atoms with E-state index in [1.165, 1.54) is 0 Å². The highest BCUT2D eigenvalue weighted by atomic mass is 35.5. The van der Waals surface area contributed by atoms with E-state index in [0.717, 1.165) is 5.69 Å². The van der Waals surface area contributed by atoms with Gasteiger partial charge in [-0.25, -0.2) is 0 Å². The lowest BCUT2D eigenvalue weighted by molar-refractivity contribution is 0.417. The number of methoxy groups -OCH3 is 1. The molecule has 0 saturated heterocycles. The summed E-state index contributed by atoms with van der Waals surface area (Å²) in [5, 5.41) is 4.31. The lowest BCUT2D eigenvalue weighted by Gasteiger charge is -2.13. The topological polar surface area (TPSA) is 47.3 Å². The number of nitrogen functional groups attached to an aromatic ring is 1. The summed E-state index contributed by atoms with van der Waals surface area (Å²) in [7, 11) is 1.57. The molecule has 0 aliphatic rings. The van der Waals surface area contributed by atoms with Gasteiger partial charge < -0.3 is 15.8 Å². The van der Waals surface area contributed by atoms with Crippen LogP contribution < -0.4 is 15.8 Å². The van der Waals surface area contributed by atoms with Crippen LogP contribution in [0.4, 0.5) is 17.1 Å². The minimum Gasteiger partial charge on any atom is -0.495 e. The van der Waals surface area contributed by atoms with Gasteiger partial charge in [-0.1, -0.05) is 29.3 Å². The number of para-hydroxylation sites is 1. The summed E-state index contributed by atoms with van der Waals surface area (Å²) in [6.07, 6.45) is 0. The number of nitrogens with two attached hydrogens (primary N) is 1. The fraction of sp³-hybridized carbons (Fsp3) is 0.0769. The fourth-order valence-electron chi connectivity index (χ4n) is 1.57. The van der Waals surface area contributed by atoms with E-state index in [-0.39, 0.29) is 0 Å². The maximum atomic E-state index is 6.08. The number of benzene rings is 2. The van der Waals surface area contributed by atoms with Gasteiger partial charge in [0, 0.05) is 5.02 Å². The molecule has 5 heteroatoms. The molecule has 2 aromatic rings. The van der Waals surface area contributed by atoms with E-state index in [2.05, 4.69) is 5.32 Å². The number of halogens is 2. The van der Waals surface area contributed by atoms with Gasteiger partial charge in [0.05, 0.1) is 29.2 Å². The van der Waals surface area contributed by atoms with Crippen LogP contribution >= 0.6 is 23.2 Å². The third-order valence-electron chi connectivity index (χ3n) is 2.48. The van der Waals surface area contributed by atoms with Crippen LogP contribution in [0, 0.1) is 0 Å². The van der Waals surface area contributed by atoms with Gasteiger partial charge >= 0.3 is 0 Å². The van der Waals surface area contributed by atoms with Crippen LogP contribution in [0.5, 0.6) is 5.75 Å². The van der Waals surface area contributed by atoms with E-state index in [9.17, 15) is 0 Å². The normalized spacial score (nSPS) is 10.2. The van der Waals surface area contributed by atoms with Crippen LogP contribution in [0.15, 0.2) is 36.4 Å². The van der Waals surface area contributed by atoms with E-state index in [1.807, 2.05) is 12.1 Å². The number of hydrogen-bond acceptors (Lipinski definition) is 3. The molecule has 0 heterocycles. The van der Waals surface area contributed by atoms with Crippen molar-refractivity contribution in [3.05, 3.63) is 46.4 Å². The molecule has 0 unspecified atom stereocenters. The number of anilines is 3. The molecule has 0 aliphatic carbocycles. The van der Waals surface area contributed by atoms with Crippen molar-refractivity contribution in [3.8, 4) is 5.75 Å². The summed E-state index contributed by atoms with van der Waals surface area (Å²) in [6, 6.07) is 10.7.